The smallest absolute Gasteiger partial charge is 0.142 e. The second-order valence-electron chi connectivity index (χ2n) is 13.0. The van der Waals surface area contributed by atoms with Gasteiger partial charge in [-0.1, -0.05) is 67.4 Å². The first kappa shape index (κ1) is 42.8. The summed E-state index contributed by atoms with van der Waals surface area (Å²) in [6.45, 7) is 9.34. The minimum Gasteiger partial charge on any atom is -0.492 e. The fourth-order valence-electron chi connectivity index (χ4n) is 5.96. The molecule has 0 saturated heterocycles. The molecule has 0 aliphatic heterocycles. The summed E-state index contributed by atoms with van der Waals surface area (Å²) >= 11 is 13.7. The Labute approximate surface area is 327 Å². The number of hydrogen-bond donors (Lipinski definition) is 4. The van der Waals surface area contributed by atoms with Crippen LogP contribution in [0.5, 0.6) is 17.2 Å². The summed E-state index contributed by atoms with van der Waals surface area (Å²) in [4.78, 5) is 8.18. The van der Waals surface area contributed by atoms with Crippen molar-refractivity contribution >= 4 is 23.2 Å². The third kappa shape index (κ3) is 12.3. The quantitative estimate of drug-likeness (QED) is 0.0694. The van der Waals surface area contributed by atoms with Crippen LogP contribution < -0.4 is 14.2 Å². The highest BCUT2D eigenvalue weighted by Crippen LogP contribution is 2.39. The van der Waals surface area contributed by atoms with Gasteiger partial charge in [-0.25, -0.2) is 0 Å². The van der Waals surface area contributed by atoms with E-state index in [1.807, 2.05) is 62.1 Å². The summed E-state index contributed by atoms with van der Waals surface area (Å²) in [5.74, 6) is 1.52. The van der Waals surface area contributed by atoms with Crippen molar-refractivity contribution in [3.8, 4) is 34.4 Å². The molecule has 54 heavy (non-hydrogen) atoms. The first-order valence-corrected chi connectivity index (χ1v) is 18.8. The zero-order valence-corrected chi connectivity index (χ0v) is 32.6. The molecule has 2 atom stereocenters. The molecule has 13 heteroatoms. The van der Waals surface area contributed by atoms with Crippen molar-refractivity contribution in [1.82, 2.24) is 14.8 Å². The highest BCUT2D eigenvalue weighted by atomic mass is 35.5. The lowest BCUT2D eigenvalue weighted by atomic mass is 9.96. The van der Waals surface area contributed by atoms with E-state index in [0.29, 0.717) is 65.6 Å². The number of aliphatic hydroxyl groups is 4. The fraction of sp³-hybridized carbons (Fsp3) is 0.415. The van der Waals surface area contributed by atoms with E-state index in [1.54, 1.807) is 24.4 Å². The summed E-state index contributed by atoms with van der Waals surface area (Å²) in [6, 6.07) is 19.0. The van der Waals surface area contributed by atoms with E-state index in [2.05, 4.69) is 16.0 Å². The second kappa shape index (κ2) is 21.8. The zero-order chi connectivity index (χ0) is 39.0. The summed E-state index contributed by atoms with van der Waals surface area (Å²) in [5, 5.41) is 48.7. The van der Waals surface area contributed by atoms with Crippen molar-refractivity contribution in [2.45, 2.75) is 59.2 Å². The molecule has 0 aliphatic carbocycles. The number of likely N-dealkylation sites (N-methyl/N-ethyl adjacent to an activating group) is 2. The van der Waals surface area contributed by atoms with E-state index < -0.39 is 12.2 Å². The Morgan fingerprint density at radius 3 is 2.19 bits per heavy atom. The van der Waals surface area contributed by atoms with Gasteiger partial charge in [0.15, 0.2) is 0 Å². The van der Waals surface area contributed by atoms with Gasteiger partial charge >= 0.3 is 0 Å². The molecule has 4 aromatic rings. The lowest BCUT2D eigenvalue weighted by molar-refractivity contribution is 0.0581. The van der Waals surface area contributed by atoms with Gasteiger partial charge < -0.3 is 39.5 Å². The molecule has 0 radical (unpaired) electrons. The molecular formula is C41H50Cl2N4O7. The lowest BCUT2D eigenvalue weighted by Crippen LogP contribution is -2.35. The summed E-state index contributed by atoms with van der Waals surface area (Å²) in [5.41, 5.74) is 5.59. The van der Waals surface area contributed by atoms with Crippen molar-refractivity contribution in [3.63, 3.8) is 0 Å². The zero-order valence-electron chi connectivity index (χ0n) is 31.0. The van der Waals surface area contributed by atoms with Gasteiger partial charge in [-0.15, -0.1) is 0 Å². The number of nitriles is 1. The average Bonchev–Trinajstić information content (AvgIpc) is 3.18. The van der Waals surface area contributed by atoms with Crippen LogP contribution in [0.15, 0.2) is 67.0 Å². The summed E-state index contributed by atoms with van der Waals surface area (Å²) < 4.78 is 18.7. The van der Waals surface area contributed by atoms with Crippen LogP contribution in [0.4, 0.5) is 0 Å². The average molecular weight is 782 g/mol. The Morgan fingerprint density at radius 1 is 0.796 bits per heavy atom. The van der Waals surface area contributed by atoms with E-state index in [-0.39, 0.29) is 33.0 Å². The molecule has 0 saturated carbocycles. The maximum atomic E-state index is 10.1. The minimum absolute atomic E-state index is 0.151. The third-order valence-electron chi connectivity index (χ3n) is 9.04. The number of ether oxygens (including phenoxy) is 3. The van der Waals surface area contributed by atoms with Crippen molar-refractivity contribution in [2.75, 3.05) is 52.5 Å². The number of aromatic nitrogens is 1. The number of rotatable bonds is 22. The molecular weight excluding hydrogens is 731 g/mol. The van der Waals surface area contributed by atoms with Gasteiger partial charge in [0.05, 0.1) is 47.6 Å². The molecule has 0 amide bonds. The van der Waals surface area contributed by atoms with Crippen LogP contribution in [0.2, 0.25) is 10.0 Å². The SMILES string of the molecule is CCN(CCCOc1cccc(-c2cccc(COc3cc(OCc4cncc(C#N)c4)c(CN(CC)C[C@H](O)CO)cc3Cl)c2C)c1Cl)C[C@H](O)CO. The molecule has 0 bridgehead atoms. The molecule has 0 spiro atoms. The lowest BCUT2D eigenvalue weighted by Gasteiger charge is -2.24. The van der Waals surface area contributed by atoms with Gasteiger partial charge in [0.1, 0.15) is 36.5 Å². The number of halogens is 2. The van der Waals surface area contributed by atoms with Crippen LogP contribution in [0.3, 0.4) is 0 Å². The molecule has 11 nitrogen and oxygen atoms in total. The van der Waals surface area contributed by atoms with Crippen LogP contribution >= 0.6 is 23.2 Å². The van der Waals surface area contributed by atoms with E-state index >= 15 is 0 Å². The maximum Gasteiger partial charge on any atom is 0.142 e. The summed E-state index contributed by atoms with van der Waals surface area (Å²) in [7, 11) is 0. The normalized spacial score (nSPS) is 12.5. The van der Waals surface area contributed by atoms with Gasteiger partial charge in [0.25, 0.3) is 0 Å². The topological polar surface area (TPSA) is 152 Å². The summed E-state index contributed by atoms with van der Waals surface area (Å²) in [6.07, 6.45) is 2.20. The first-order chi connectivity index (χ1) is 26.1. The third-order valence-corrected chi connectivity index (χ3v) is 9.73. The van der Waals surface area contributed by atoms with Gasteiger partial charge in [0, 0.05) is 61.3 Å². The Balaban J connectivity index is 1.51. The highest BCUT2D eigenvalue weighted by molar-refractivity contribution is 6.35. The van der Waals surface area contributed by atoms with Crippen LogP contribution in [0, 0.1) is 18.3 Å². The van der Waals surface area contributed by atoms with Crippen LogP contribution in [0.25, 0.3) is 11.1 Å². The van der Waals surface area contributed by atoms with Crippen molar-refractivity contribution < 1.29 is 34.6 Å². The fourth-order valence-corrected chi connectivity index (χ4v) is 6.48. The monoisotopic (exact) mass is 780 g/mol. The van der Waals surface area contributed by atoms with Gasteiger partial charge in [-0.05, 0) is 61.3 Å². The van der Waals surface area contributed by atoms with Crippen molar-refractivity contribution in [2.24, 2.45) is 0 Å². The molecule has 290 valence electrons. The Kier molecular flexibility index (Phi) is 17.3. The van der Waals surface area contributed by atoms with Gasteiger partial charge in [-0.2, -0.15) is 5.26 Å². The maximum absolute atomic E-state index is 10.1. The van der Waals surface area contributed by atoms with E-state index in [0.717, 1.165) is 46.3 Å². The van der Waals surface area contributed by atoms with E-state index in [9.17, 15) is 20.6 Å². The van der Waals surface area contributed by atoms with Gasteiger partial charge in [-0.3, -0.25) is 9.88 Å². The van der Waals surface area contributed by atoms with Crippen LogP contribution in [-0.2, 0) is 19.8 Å². The number of benzene rings is 3. The molecule has 4 N–H and O–H groups in total. The van der Waals surface area contributed by atoms with Crippen LogP contribution in [0.1, 0.15) is 48.1 Å². The van der Waals surface area contributed by atoms with Crippen LogP contribution in [-0.4, -0.2) is 100.0 Å². The molecule has 4 rings (SSSR count). The number of nitrogens with zero attached hydrogens (tertiary/aromatic N) is 4. The Bertz CT molecular complexity index is 1840. The van der Waals surface area contributed by atoms with E-state index in [4.69, 9.17) is 42.5 Å². The van der Waals surface area contributed by atoms with Crippen molar-refractivity contribution in [1.29, 1.82) is 5.26 Å². The molecule has 1 aromatic heterocycles. The number of hydrogen-bond acceptors (Lipinski definition) is 11. The number of pyridine rings is 1. The van der Waals surface area contributed by atoms with Gasteiger partial charge in [0.2, 0.25) is 0 Å². The molecule has 3 aromatic carbocycles. The molecule has 0 unspecified atom stereocenters. The minimum atomic E-state index is -0.891. The Morgan fingerprint density at radius 2 is 1.48 bits per heavy atom. The Hall–Kier alpha value is -3.96. The largest absolute Gasteiger partial charge is 0.492 e. The molecule has 0 aliphatic rings. The van der Waals surface area contributed by atoms with Crippen molar-refractivity contribution in [3.05, 3.63) is 105 Å². The van der Waals surface area contributed by atoms with E-state index in [1.165, 1.54) is 6.20 Å². The standard InChI is InChI=1S/C41H50Cl2N4O7/c1-4-46(22-33(50)24-48)13-8-14-52-38-12-7-11-36(41(38)43)35-10-6-9-31(28(35)3)27-54-40-17-39(53-26-30-15-29(18-44)19-45-20-30)32(16-37(40)42)21-47(5-2)23-34(51)25-49/h6-7,9-12,15-17,19-20,33-34,48-51H,4-5,8,13-14,21-27H2,1-3H3/t33-,34-/m0/s1. The highest BCUT2D eigenvalue weighted by Gasteiger charge is 2.18. The molecule has 0 fully saturated rings. The molecule has 1 heterocycles. The predicted octanol–water partition coefficient (Wildman–Crippen LogP) is 6.01. The number of aliphatic hydroxyl groups excluding tert-OH is 4. The first-order valence-electron chi connectivity index (χ1n) is 18.0. The predicted molar refractivity (Wildman–Crippen MR) is 210 cm³/mol. The second-order valence-corrected chi connectivity index (χ2v) is 13.7.